The van der Waals surface area contributed by atoms with Crippen LogP contribution in [0.15, 0.2) is 77.8 Å². The highest BCUT2D eigenvalue weighted by molar-refractivity contribution is 5.83. The Kier molecular flexibility index (Phi) is 5.10. The molecule has 5 nitrogen and oxygen atoms in total. The second-order valence-corrected chi connectivity index (χ2v) is 8.26. The van der Waals surface area contributed by atoms with Gasteiger partial charge in [0.15, 0.2) is 11.2 Å². The van der Waals surface area contributed by atoms with Gasteiger partial charge >= 0.3 is 0 Å². The van der Waals surface area contributed by atoms with Crippen molar-refractivity contribution in [2.45, 2.75) is 24.0 Å². The van der Waals surface area contributed by atoms with Crippen LogP contribution in [0.3, 0.4) is 0 Å². The van der Waals surface area contributed by atoms with Gasteiger partial charge in [0.25, 0.3) is 5.92 Å². The molecule has 3 aromatic carbocycles. The van der Waals surface area contributed by atoms with E-state index in [1.54, 1.807) is 36.4 Å². The van der Waals surface area contributed by atoms with E-state index in [-0.39, 0.29) is 24.4 Å². The third-order valence-corrected chi connectivity index (χ3v) is 6.13. The van der Waals surface area contributed by atoms with Crippen LogP contribution in [0, 0.1) is 6.57 Å². The van der Waals surface area contributed by atoms with E-state index in [2.05, 4.69) is 9.84 Å². The van der Waals surface area contributed by atoms with Crippen LogP contribution in [-0.2, 0) is 10.3 Å². The van der Waals surface area contributed by atoms with Gasteiger partial charge in [-0.3, -0.25) is 4.99 Å². The van der Waals surface area contributed by atoms with E-state index >= 15 is 8.78 Å². The number of amidine groups is 1. The van der Waals surface area contributed by atoms with Crippen LogP contribution in [0.25, 0.3) is 16.0 Å². The van der Waals surface area contributed by atoms with Crippen molar-refractivity contribution in [2.75, 3.05) is 13.2 Å². The van der Waals surface area contributed by atoms with Crippen LogP contribution < -0.4 is 10.5 Å². The third-order valence-electron chi connectivity index (χ3n) is 6.13. The van der Waals surface area contributed by atoms with Crippen LogP contribution in [0.1, 0.15) is 23.7 Å². The van der Waals surface area contributed by atoms with Gasteiger partial charge in [0.1, 0.15) is 30.9 Å². The van der Waals surface area contributed by atoms with Crippen LogP contribution in [0.5, 0.6) is 5.75 Å². The Morgan fingerprint density at radius 2 is 1.79 bits per heavy atom. The summed E-state index contributed by atoms with van der Waals surface area (Å²) in [4.78, 5) is 7.86. The van der Waals surface area contributed by atoms with Gasteiger partial charge in [-0.25, -0.2) is 13.6 Å². The predicted molar refractivity (Wildman–Crippen MR) is 122 cm³/mol. The first kappa shape index (κ1) is 21.1. The number of alkyl halides is 2. The normalized spacial score (nSPS) is 23.5. The largest absolute Gasteiger partial charge is 0.485 e. The second-order valence-electron chi connectivity index (χ2n) is 8.26. The molecule has 2 aliphatic rings. The van der Waals surface area contributed by atoms with Crippen LogP contribution >= 0.6 is 0 Å². The molecule has 3 aromatic rings. The lowest BCUT2D eigenvalue weighted by Gasteiger charge is -2.43. The quantitative estimate of drug-likeness (QED) is 0.519. The molecule has 0 saturated carbocycles. The molecule has 0 saturated heterocycles. The van der Waals surface area contributed by atoms with E-state index in [0.717, 1.165) is 11.1 Å². The predicted octanol–water partition coefficient (Wildman–Crippen LogP) is 5.65. The molecule has 0 fully saturated rings. The Bertz CT molecular complexity index is 1270. The summed E-state index contributed by atoms with van der Waals surface area (Å²) in [7, 11) is 0. The Balaban J connectivity index is 1.72. The molecule has 1 unspecified atom stereocenters. The summed E-state index contributed by atoms with van der Waals surface area (Å²) in [6.45, 7) is 6.32. The van der Waals surface area contributed by atoms with Crippen molar-refractivity contribution in [2.24, 2.45) is 10.7 Å². The van der Waals surface area contributed by atoms with E-state index < -0.39 is 24.2 Å². The fourth-order valence-electron chi connectivity index (χ4n) is 4.53. The molecular weight excluding hydrogens is 424 g/mol. The smallest absolute Gasteiger partial charge is 0.299 e. The zero-order valence-corrected chi connectivity index (χ0v) is 17.7. The van der Waals surface area contributed by atoms with E-state index in [4.69, 9.17) is 21.8 Å². The zero-order chi connectivity index (χ0) is 23.1. The van der Waals surface area contributed by atoms with Gasteiger partial charge in [0, 0.05) is 12.0 Å². The van der Waals surface area contributed by atoms with Gasteiger partial charge in [0.05, 0.1) is 6.57 Å². The van der Waals surface area contributed by atoms with Gasteiger partial charge < -0.3 is 15.2 Å². The Labute approximate surface area is 190 Å². The minimum absolute atomic E-state index is 0.0206. The highest BCUT2D eigenvalue weighted by atomic mass is 19.3. The molecule has 2 atom stereocenters. The van der Waals surface area contributed by atoms with Gasteiger partial charge in [0.2, 0.25) is 0 Å². The number of nitrogens with zero attached hydrogens (tertiary/aromatic N) is 2. The van der Waals surface area contributed by atoms with E-state index in [1.165, 1.54) is 0 Å². The van der Waals surface area contributed by atoms with Gasteiger partial charge in [-0.05, 0) is 34.9 Å². The molecule has 7 heteroatoms. The van der Waals surface area contributed by atoms with Crippen LogP contribution in [0.4, 0.5) is 14.5 Å². The van der Waals surface area contributed by atoms with Crippen molar-refractivity contribution in [1.29, 1.82) is 0 Å². The SMILES string of the molecule is [C-]#[N+]c1cccc(-c2ccc3c(c2)[C@@]2(CC(c4ccccc4)O3)N=C(N)COCC2(F)F)c1. The van der Waals surface area contributed by atoms with E-state index in [1.807, 2.05) is 36.4 Å². The van der Waals surface area contributed by atoms with Crippen molar-refractivity contribution < 1.29 is 18.3 Å². The van der Waals surface area contributed by atoms with E-state index in [0.29, 0.717) is 17.0 Å². The molecule has 1 spiro atoms. The fourth-order valence-corrected chi connectivity index (χ4v) is 4.53. The number of aliphatic imine (C=N–C) groups is 1. The molecule has 2 heterocycles. The maximum atomic E-state index is 15.8. The average Bonchev–Trinajstić information content (AvgIpc) is 2.94. The lowest BCUT2D eigenvalue weighted by Crippen LogP contribution is -2.50. The van der Waals surface area contributed by atoms with Crippen molar-refractivity contribution >= 4 is 11.5 Å². The third kappa shape index (κ3) is 3.62. The molecule has 0 bridgehead atoms. The monoisotopic (exact) mass is 445 g/mol. The fraction of sp³-hybridized carbons (Fsp3) is 0.231. The summed E-state index contributed by atoms with van der Waals surface area (Å²) in [6.07, 6.45) is -0.720. The highest BCUT2D eigenvalue weighted by Gasteiger charge is 2.60. The molecule has 5 rings (SSSR count). The molecule has 0 radical (unpaired) electrons. The lowest BCUT2D eigenvalue weighted by molar-refractivity contribution is -0.136. The Hall–Kier alpha value is -3.76. The molecular formula is C26H21F2N3O2. The number of rotatable bonds is 2. The maximum Gasteiger partial charge on any atom is 0.299 e. The molecule has 33 heavy (non-hydrogen) atoms. The van der Waals surface area contributed by atoms with Gasteiger partial charge in [-0.1, -0.05) is 54.6 Å². The summed E-state index contributed by atoms with van der Waals surface area (Å²) in [6, 6.07) is 21.5. The summed E-state index contributed by atoms with van der Waals surface area (Å²) in [5.74, 6) is -2.97. The zero-order valence-electron chi connectivity index (χ0n) is 17.7. The molecule has 166 valence electrons. The molecule has 0 aromatic heterocycles. The summed E-state index contributed by atoms with van der Waals surface area (Å²) < 4.78 is 43.0. The average molecular weight is 445 g/mol. The van der Waals surface area contributed by atoms with Gasteiger partial charge in [-0.2, -0.15) is 0 Å². The summed E-state index contributed by atoms with van der Waals surface area (Å²) >= 11 is 0. The molecule has 2 N–H and O–H groups in total. The molecule has 0 amide bonds. The van der Waals surface area contributed by atoms with Crippen LogP contribution in [-0.4, -0.2) is 25.0 Å². The van der Waals surface area contributed by atoms with Crippen molar-refractivity contribution in [3.8, 4) is 16.9 Å². The lowest BCUT2D eigenvalue weighted by atomic mass is 9.75. The van der Waals surface area contributed by atoms with Gasteiger partial charge in [-0.15, -0.1) is 0 Å². The number of hydrogen-bond acceptors (Lipinski definition) is 4. The second kappa shape index (κ2) is 7.98. The first-order valence-electron chi connectivity index (χ1n) is 10.6. The number of ether oxygens (including phenoxy) is 2. The highest BCUT2D eigenvalue weighted by Crippen LogP contribution is 2.55. The summed E-state index contributed by atoms with van der Waals surface area (Å²) in [5.41, 5.74) is 7.01. The first-order valence-corrected chi connectivity index (χ1v) is 10.6. The number of nitrogens with two attached hydrogens (primary N) is 1. The number of fused-ring (bicyclic) bond motifs is 2. The minimum Gasteiger partial charge on any atom is -0.485 e. The number of hydrogen-bond donors (Lipinski definition) is 1. The maximum absolute atomic E-state index is 15.8. The molecule has 0 aliphatic carbocycles. The number of benzene rings is 3. The van der Waals surface area contributed by atoms with Crippen molar-refractivity contribution in [1.82, 2.24) is 0 Å². The Morgan fingerprint density at radius 1 is 1.00 bits per heavy atom. The van der Waals surface area contributed by atoms with E-state index in [9.17, 15) is 0 Å². The standard InChI is InChI=1S/C26H21F2N3O2/c1-30-20-9-5-8-18(12-20)19-10-11-22-21(13-19)25(26(27,28)16-32-15-24(29)31-25)14-23(33-22)17-6-3-2-4-7-17/h2-13,23H,14-16H2,(H2,29,31)/t23?,25-/m1/s1. The van der Waals surface area contributed by atoms with Crippen molar-refractivity contribution in [3.05, 3.63) is 95.3 Å². The van der Waals surface area contributed by atoms with Crippen molar-refractivity contribution in [3.63, 3.8) is 0 Å². The topological polar surface area (TPSA) is 61.2 Å². The van der Waals surface area contributed by atoms with Crippen LogP contribution in [0.2, 0.25) is 0 Å². The molecule has 2 aliphatic heterocycles. The Morgan fingerprint density at radius 3 is 2.58 bits per heavy atom. The number of halogens is 2. The minimum atomic E-state index is -3.32. The summed E-state index contributed by atoms with van der Waals surface area (Å²) in [5, 5.41) is 0. The first-order chi connectivity index (χ1) is 15.9.